The first-order valence-corrected chi connectivity index (χ1v) is 8.13. The number of benzene rings is 1. The molecule has 1 nitrogen and oxygen atoms in total. The van der Waals surface area contributed by atoms with Gasteiger partial charge in [0, 0.05) is 6.04 Å². The molecule has 19 heavy (non-hydrogen) atoms. The topological polar surface area (TPSA) is 12.0 Å². The summed E-state index contributed by atoms with van der Waals surface area (Å²) in [5.41, 5.74) is 3.15. The van der Waals surface area contributed by atoms with Crippen LogP contribution in [0.15, 0.2) is 24.3 Å². The van der Waals surface area contributed by atoms with Gasteiger partial charge in [-0.25, -0.2) is 0 Å². The minimum atomic E-state index is 0.712. The Kier molecular flexibility index (Phi) is 4.22. The third kappa shape index (κ3) is 3.20. The molecule has 1 heteroatoms. The first-order chi connectivity index (χ1) is 9.33. The van der Waals surface area contributed by atoms with Crippen molar-refractivity contribution in [1.29, 1.82) is 0 Å². The van der Waals surface area contributed by atoms with E-state index in [4.69, 9.17) is 0 Å². The molecule has 104 valence electrons. The van der Waals surface area contributed by atoms with Crippen molar-refractivity contribution >= 4 is 0 Å². The van der Waals surface area contributed by atoms with Gasteiger partial charge in [-0.05, 0) is 55.2 Å². The smallest absolute Gasteiger partial charge is 0.0111 e. The van der Waals surface area contributed by atoms with Gasteiger partial charge in [-0.15, -0.1) is 0 Å². The van der Waals surface area contributed by atoms with Crippen LogP contribution >= 0.6 is 0 Å². The van der Waals surface area contributed by atoms with E-state index in [0.29, 0.717) is 6.04 Å². The molecule has 3 rings (SSSR count). The molecule has 1 fully saturated rings. The van der Waals surface area contributed by atoms with Gasteiger partial charge in [0.05, 0.1) is 0 Å². The zero-order chi connectivity index (χ0) is 13.1. The van der Waals surface area contributed by atoms with Gasteiger partial charge in [-0.1, -0.05) is 50.5 Å². The van der Waals surface area contributed by atoms with Crippen molar-refractivity contribution in [2.75, 3.05) is 6.54 Å². The van der Waals surface area contributed by atoms with Gasteiger partial charge in [-0.2, -0.15) is 0 Å². The van der Waals surface area contributed by atoms with Crippen LogP contribution in [0.3, 0.4) is 0 Å². The van der Waals surface area contributed by atoms with Crippen LogP contribution in [0.25, 0.3) is 0 Å². The van der Waals surface area contributed by atoms with Gasteiger partial charge in [-0.3, -0.25) is 0 Å². The third-order valence-corrected chi connectivity index (χ3v) is 5.30. The van der Waals surface area contributed by atoms with Crippen molar-refractivity contribution < 1.29 is 0 Å². The Balaban J connectivity index is 1.52. The lowest BCUT2D eigenvalue weighted by atomic mass is 9.80. The molecule has 2 aliphatic carbocycles. The molecule has 0 aliphatic heterocycles. The Morgan fingerprint density at radius 2 is 1.84 bits per heavy atom. The van der Waals surface area contributed by atoms with Gasteiger partial charge in [0.15, 0.2) is 0 Å². The zero-order valence-corrected chi connectivity index (χ0v) is 12.2. The molecule has 1 aromatic rings. The lowest BCUT2D eigenvalue weighted by molar-refractivity contribution is 0.237. The second kappa shape index (κ2) is 6.09. The van der Waals surface area contributed by atoms with E-state index >= 15 is 0 Å². The molecule has 2 aliphatic rings. The second-order valence-electron chi connectivity index (χ2n) is 6.64. The predicted molar refractivity (Wildman–Crippen MR) is 81.4 cm³/mol. The second-order valence-corrected chi connectivity index (χ2v) is 6.64. The average Bonchev–Trinajstić information content (AvgIpc) is 2.46. The maximum absolute atomic E-state index is 3.86. The highest BCUT2D eigenvalue weighted by Gasteiger charge is 2.23. The number of hydrogen-bond donors (Lipinski definition) is 1. The predicted octanol–water partition coefficient (Wildman–Crippen LogP) is 3.96. The maximum atomic E-state index is 3.86. The number of hydrogen-bond acceptors (Lipinski definition) is 1. The molecule has 0 heterocycles. The molecule has 1 aromatic carbocycles. The fraction of sp³-hybridized carbons (Fsp3) is 0.667. The third-order valence-electron chi connectivity index (χ3n) is 5.30. The van der Waals surface area contributed by atoms with Crippen LogP contribution in [-0.4, -0.2) is 12.6 Å². The van der Waals surface area contributed by atoms with E-state index < -0.39 is 0 Å². The first kappa shape index (κ1) is 13.2. The highest BCUT2D eigenvalue weighted by atomic mass is 14.9. The van der Waals surface area contributed by atoms with Gasteiger partial charge in [0.1, 0.15) is 0 Å². The lowest BCUT2D eigenvalue weighted by Gasteiger charge is -2.32. The molecule has 0 aromatic heterocycles. The minimum Gasteiger partial charge on any atom is -0.313 e. The molecule has 3 unspecified atom stereocenters. The van der Waals surface area contributed by atoms with E-state index in [1.54, 1.807) is 11.1 Å². The van der Waals surface area contributed by atoms with Crippen LogP contribution in [0.2, 0.25) is 0 Å². The van der Waals surface area contributed by atoms with Gasteiger partial charge in [0.25, 0.3) is 0 Å². The Bertz CT molecular complexity index is 412. The molecule has 0 spiro atoms. The van der Waals surface area contributed by atoms with E-state index in [1.807, 2.05) is 0 Å². The molecule has 0 bridgehead atoms. The van der Waals surface area contributed by atoms with E-state index in [-0.39, 0.29) is 0 Å². The first-order valence-electron chi connectivity index (χ1n) is 8.13. The van der Waals surface area contributed by atoms with E-state index in [0.717, 1.165) is 11.8 Å². The molecule has 0 amide bonds. The largest absolute Gasteiger partial charge is 0.313 e. The molecule has 3 atom stereocenters. The lowest BCUT2D eigenvalue weighted by Crippen LogP contribution is -2.39. The zero-order valence-electron chi connectivity index (χ0n) is 12.2. The fourth-order valence-electron chi connectivity index (χ4n) is 3.89. The summed E-state index contributed by atoms with van der Waals surface area (Å²) in [4.78, 5) is 0. The van der Waals surface area contributed by atoms with Crippen LogP contribution in [0.1, 0.15) is 50.2 Å². The van der Waals surface area contributed by atoms with Crippen LogP contribution in [0, 0.1) is 11.8 Å². The van der Waals surface area contributed by atoms with Crippen molar-refractivity contribution in [3.05, 3.63) is 35.4 Å². The molecular weight excluding hydrogens is 230 g/mol. The van der Waals surface area contributed by atoms with E-state index in [2.05, 4.69) is 36.5 Å². The molecule has 0 saturated heterocycles. The Hall–Kier alpha value is -0.820. The maximum Gasteiger partial charge on any atom is 0.0111 e. The molecular formula is C18H27N. The van der Waals surface area contributed by atoms with Crippen LogP contribution < -0.4 is 5.32 Å². The molecule has 0 radical (unpaired) electrons. The minimum absolute atomic E-state index is 0.712. The summed E-state index contributed by atoms with van der Waals surface area (Å²) < 4.78 is 0. The van der Waals surface area contributed by atoms with E-state index in [9.17, 15) is 0 Å². The van der Waals surface area contributed by atoms with Crippen molar-refractivity contribution in [3.8, 4) is 0 Å². The summed E-state index contributed by atoms with van der Waals surface area (Å²) in [6.45, 7) is 3.69. The summed E-state index contributed by atoms with van der Waals surface area (Å²) in [5, 5.41) is 3.86. The number of fused-ring (bicyclic) bond motifs is 1. The summed E-state index contributed by atoms with van der Waals surface area (Å²) in [6, 6.07) is 9.69. The normalized spacial score (nSPS) is 30.9. The van der Waals surface area contributed by atoms with Gasteiger partial charge >= 0.3 is 0 Å². The summed E-state index contributed by atoms with van der Waals surface area (Å²) >= 11 is 0. The quantitative estimate of drug-likeness (QED) is 0.864. The number of aryl methyl sites for hydroxylation is 1. The van der Waals surface area contributed by atoms with Crippen molar-refractivity contribution in [1.82, 2.24) is 5.32 Å². The standard InChI is InChI=1S/C18H27N/c1-14-6-2-3-9-17(14)13-19-18-11-10-15-7-4-5-8-16(15)12-18/h4-5,7-8,14,17-19H,2-3,6,9-13H2,1H3. The monoisotopic (exact) mass is 257 g/mol. The Morgan fingerprint density at radius 1 is 1.05 bits per heavy atom. The summed E-state index contributed by atoms with van der Waals surface area (Å²) in [5.74, 6) is 1.85. The summed E-state index contributed by atoms with van der Waals surface area (Å²) in [7, 11) is 0. The average molecular weight is 257 g/mol. The number of nitrogens with one attached hydrogen (secondary N) is 1. The van der Waals surface area contributed by atoms with Gasteiger partial charge in [0.2, 0.25) is 0 Å². The Morgan fingerprint density at radius 3 is 2.68 bits per heavy atom. The van der Waals surface area contributed by atoms with Crippen molar-refractivity contribution in [2.45, 2.75) is 57.9 Å². The Labute approximate surface area is 117 Å². The van der Waals surface area contributed by atoms with Gasteiger partial charge < -0.3 is 5.32 Å². The number of rotatable bonds is 3. The van der Waals surface area contributed by atoms with Crippen LogP contribution in [0.4, 0.5) is 0 Å². The van der Waals surface area contributed by atoms with Crippen molar-refractivity contribution in [3.63, 3.8) is 0 Å². The SMILES string of the molecule is CC1CCCCC1CNC1CCc2ccccc2C1. The highest BCUT2D eigenvalue weighted by Crippen LogP contribution is 2.29. The van der Waals surface area contributed by atoms with E-state index in [1.165, 1.54) is 51.5 Å². The molecule has 1 saturated carbocycles. The summed E-state index contributed by atoms with van der Waals surface area (Å²) in [6.07, 6.45) is 9.60. The highest BCUT2D eigenvalue weighted by molar-refractivity contribution is 5.30. The molecule has 1 N–H and O–H groups in total. The van der Waals surface area contributed by atoms with Crippen molar-refractivity contribution in [2.24, 2.45) is 11.8 Å². The fourth-order valence-corrected chi connectivity index (χ4v) is 3.89. The van der Waals surface area contributed by atoms with Crippen LogP contribution in [0.5, 0.6) is 0 Å². The van der Waals surface area contributed by atoms with Crippen LogP contribution in [-0.2, 0) is 12.8 Å².